The summed E-state index contributed by atoms with van der Waals surface area (Å²) in [6.07, 6.45) is -3.60. The Morgan fingerprint density at radius 2 is 2.05 bits per heavy atom. The van der Waals surface area contributed by atoms with E-state index in [1.54, 1.807) is 4.90 Å². The molecule has 128 valence electrons. The first-order valence-corrected chi connectivity index (χ1v) is 7.66. The maximum absolute atomic E-state index is 12.5. The summed E-state index contributed by atoms with van der Waals surface area (Å²) < 4.78 is 43.4. The molecule has 2 heterocycles. The smallest absolute Gasteiger partial charge is 0.394 e. The van der Waals surface area contributed by atoms with E-state index in [2.05, 4.69) is 5.32 Å². The standard InChI is InChI=1S/C14H23F3N2O3/c15-14(16,17)11(9-20)1-2-12(21)19-6-3-13(4-7-19)10-18-5-8-22-13/h11,18,20H,1-10H2/t11-/m1/s1. The second kappa shape index (κ2) is 7.14. The Bertz CT molecular complexity index is 374. The Hall–Kier alpha value is -0.860. The molecule has 2 aliphatic rings. The number of likely N-dealkylation sites (tertiary alicyclic amines) is 1. The third-order valence-corrected chi connectivity index (χ3v) is 4.55. The Morgan fingerprint density at radius 1 is 1.36 bits per heavy atom. The molecule has 2 aliphatic heterocycles. The van der Waals surface area contributed by atoms with Gasteiger partial charge in [-0.25, -0.2) is 0 Å². The molecule has 8 heteroatoms. The molecule has 2 rings (SSSR count). The lowest BCUT2D eigenvalue weighted by atomic mass is 9.89. The lowest BCUT2D eigenvalue weighted by Crippen LogP contribution is -2.56. The van der Waals surface area contributed by atoms with Gasteiger partial charge in [-0.2, -0.15) is 13.2 Å². The predicted molar refractivity (Wildman–Crippen MR) is 73.2 cm³/mol. The fraction of sp³-hybridized carbons (Fsp3) is 0.929. The van der Waals surface area contributed by atoms with Crippen LogP contribution in [0.4, 0.5) is 13.2 Å². The summed E-state index contributed by atoms with van der Waals surface area (Å²) in [5, 5.41) is 12.1. The number of hydrogen-bond donors (Lipinski definition) is 2. The number of nitrogens with one attached hydrogen (secondary N) is 1. The number of aliphatic hydroxyl groups is 1. The predicted octanol–water partition coefficient (Wildman–Crippen LogP) is 0.918. The minimum Gasteiger partial charge on any atom is -0.396 e. The third kappa shape index (κ3) is 4.33. The van der Waals surface area contributed by atoms with Crippen LogP contribution in [0.3, 0.4) is 0 Å². The molecule has 0 aromatic carbocycles. The van der Waals surface area contributed by atoms with Crippen LogP contribution in [0, 0.1) is 5.92 Å². The number of rotatable bonds is 4. The molecule has 0 aliphatic carbocycles. The minimum absolute atomic E-state index is 0.184. The average Bonchev–Trinajstić information content (AvgIpc) is 2.48. The minimum atomic E-state index is -4.46. The molecule has 0 aromatic heterocycles. The average molecular weight is 324 g/mol. The van der Waals surface area contributed by atoms with Crippen molar-refractivity contribution in [2.45, 2.75) is 37.5 Å². The van der Waals surface area contributed by atoms with Gasteiger partial charge in [-0.15, -0.1) is 0 Å². The van der Waals surface area contributed by atoms with E-state index in [0.717, 1.165) is 13.1 Å². The van der Waals surface area contributed by atoms with Gasteiger partial charge in [0.2, 0.25) is 5.91 Å². The second-order valence-corrected chi connectivity index (χ2v) is 6.05. The van der Waals surface area contributed by atoms with Crippen LogP contribution < -0.4 is 5.32 Å². The Morgan fingerprint density at radius 3 is 2.55 bits per heavy atom. The van der Waals surface area contributed by atoms with E-state index >= 15 is 0 Å². The number of alkyl halides is 3. The maximum atomic E-state index is 12.5. The quantitative estimate of drug-likeness (QED) is 0.807. The first-order valence-electron chi connectivity index (χ1n) is 7.66. The van der Waals surface area contributed by atoms with Gasteiger partial charge in [-0.3, -0.25) is 4.79 Å². The van der Waals surface area contributed by atoms with Gasteiger partial charge in [-0.05, 0) is 19.3 Å². The van der Waals surface area contributed by atoms with Crippen LogP contribution in [0.5, 0.6) is 0 Å². The first kappa shape index (κ1) is 17.5. The molecule has 2 saturated heterocycles. The zero-order valence-corrected chi connectivity index (χ0v) is 12.5. The number of amides is 1. The molecule has 0 aromatic rings. The highest BCUT2D eigenvalue weighted by Gasteiger charge is 2.40. The van der Waals surface area contributed by atoms with Gasteiger partial charge in [0.1, 0.15) is 0 Å². The summed E-state index contributed by atoms with van der Waals surface area (Å²) in [5.74, 6) is -2.10. The van der Waals surface area contributed by atoms with E-state index < -0.39 is 18.7 Å². The van der Waals surface area contributed by atoms with Gasteiger partial charge in [0.05, 0.1) is 24.7 Å². The fourth-order valence-corrected chi connectivity index (χ4v) is 3.01. The number of nitrogens with zero attached hydrogens (tertiary/aromatic N) is 1. The van der Waals surface area contributed by atoms with E-state index in [0.29, 0.717) is 32.5 Å². The van der Waals surface area contributed by atoms with E-state index in [1.165, 1.54) is 0 Å². The van der Waals surface area contributed by atoms with Gasteiger partial charge < -0.3 is 20.1 Å². The number of ether oxygens (including phenoxy) is 1. The van der Waals surface area contributed by atoms with Crippen molar-refractivity contribution < 1.29 is 27.8 Å². The molecule has 1 amide bonds. The molecule has 5 nitrogen and oxygen atoms in total. The van der Waals surface area contributed by atoms with Gasteiger partial charge in [0.15, 0.2) is 0 Å². The molecule has 0 saturated carbocycles. The van der Waals surface area contributed by atoms with Crippen LogP contribution in [-0.2, 0) is 9.53 Å². The number of morpholine rings is 1. The number of carbonyl (C=O) groups is 1. The molecule has 0 radical (unpaired) electrons. The molecule has 0 unspecified atom stereocenters. The Kier molecular flexibility index (Phi) is 5.68. The summed E-state index contributed by atoms with van der Waals surface area (Å²) in [5.41, 5.74) is -0.228. The van der Waals surface area contributed by atoms with Crippen molar-refractivity contribution in [3.63, 3.8) is 0 Å². The maximum Gasteiger partial charge on any atom is 0.394 e. The summed E-state index contributed by atoms with van der Waals surface area (Å²) >= 11 is 0. The SMILES string of the molecule is O=C(CC[C@H](CO)C(F)(F)F)N1CCC2(CC1)CNCCO2. The van der Waals surface area contributed by atoms with Crippen molar-refractivity contribution in [1.29, 1.82) is 0 Å². The lowest BCUT2D eigenvalue weighted by molar-refractivity contribution is -0.186. The van der Waals surface area contributed by atoms with Crippen molar-refractivity contribution in [3.8, 4) is 0 Å². The van der Waals surface area contributed by atoms with Gasteiger partial charge in [0, 0.05) is 32.6 Å². The van der Waals surface area contributed by atoms with E-state index in [1.807, 2.05) is 0 Å². The van der Waals surface area contributed by atoms with Crippen molar-refractivity contribution in [2.24, 2.45) is 5.92 Å². The van der Waals surface area contributed by atoms with Crippen LogP contribution in [0.25, 0.3) is 0 Å². The monoisotopic (exact) mass is 324 g/mol. The van der Waals surface area contributed by atoms with Crippen LogP contribution in [0.15, 0.2) is 0 Å². The van der Waals surface area contributed by atoms with Crippen LogP contribution in [0.2, 0.25) is 0 Å². The summed E-state index contributed by atoms with van der Waals surface area (Å²) in [6, 6.07) is 0. The van der Waals surface area contributed by atoms with Gasteiger partial charge in [0.25, 0.3) is 0 Å². The molecule has 0 bridgehead atoms. The lowest BCUT2D eigenvalue weighted by Gasteiger charge is -2.44. The zero-order valence-electron chi connectivity index (χ0n) is 12.5. The first-order chi connectivity index (χ1) is 10.4. The van der Waals surface area contributed by atoms with Crippen LogP contribution in [-0.4, -0.2) is 67.1 Å². The molecule has 2 fully saturated rings. The topological polar surface area (TPSA) is 61.8 Å². The Balaban J connectivity index is 1.77. The zero-order chi connectivity index (χ0) is 16.2. The van der Waals surface area contributed by atoms with Gasteiger partial charge >= 0.3 is 6.18 Å². The highest BCUT2D eigenvalue weighted by atomic mass is 19.4. The summed E-state index contributed by atoms with van der Waals surface area (Å²) in [6.45, 7) is 2.28. The molecule has 1 spiro atoms. The number of hydrogen-bond acceptors (Lipinski definition) is 4. The van der Waals surface area contributed by atoms with Crippen LogP contribution >= 0.6 is 0 Å². The third-order valence-electron chi connectivity index (χ3n) is 4.55. The van der Waals surface area contributed by atoms with E-state index in [-0.39, 0.29) is 24.3 Å². The van der Waals surface area contributed by atoms with E-state index in [4.69, 9.17) is 9.84 Å². The Labute approximate surface area is 127 Å². The molecule has 22 heavy (non-hydrogen) atoms. The summed E-state index contributed by atoms with van der Waals surface area (Å²) in [4.78, 5) is 13.6. The number of piperidine rings is 1. The molecule has 1 atom stereocenters. The highest BCUT2D eigenvalue weighted by molar-refractivity contribution is 5.76. The fourth-order valence-electron chi connectivity index (χ4n) is 3.01. The normalized spacial score (nSPS) is 23.5. The number of aliphatic hydroxyl groups excluding tert-OH is 1. The number of halogens is 3. The van der Waals surface area contributed by atoms with Crippen molar-refractivity contribution in [3.05, 3.63) is 0 Å². The largest absolute Gasteiger partial charge is 0.396 e. The molecular weight excluding hydrogens is 301 g/mol. The number of carbonyl (C=O) groups excluding carboxylic acids is 1. The van der Waals surface area contributed by atoms with Crippen molar-refractivity contribution >= 4 is 5.91 Å². The van der Waals surface area contributed by atoms with Crippen molar-refractivity contribution in [2.75, 3.05) is 39.4 Å². The molecular formula is C14H23F3N2O3. The van der Waals surface area contributed by atoms with Crippen LogP contribution in [0.1, 0.15) is 25.7 Å². The summed E-state index contributed by atoms with van der Waals surface area (Å²) in [7, 11) is 0. The van der Waals surface area contributed by atoms with Crippen molar-refractivity contribution in [1.82, 2.24) is 10.2 Å². The highest BCUT2D eigenvalue weighted by Crippen LogP contribution is 2.31. The molecule has 2 N–H and O–H groups in total. The second-order valence-electron chi connectivity index (χ2n) is 6.05. The van der Waals surface area contributed by atoms with E-state index in [9.17, 15) is 18.0 Å². The van der Waals surface area contributed by atoms with Gasteiger partial charge in [-0.1, -0.05) is 0 Å².